The van der Waals surface area contributed by atoms with Crippen LogP contribution in [-0.2, 0) is 0 Å². The molecule has 0 radical (unpaired) electrons. The third kappa shape index (κ3) is 3.12. The quantitative estimate of drug-likeness (QED) is 0.458. The smallest absolute Gasteiger partial charge is 0.311 e. The van der Waals surface area contributed by atoms with Crippen molar-refractivity contribution < 1.29 is 9.66 Å². The Hall–Kier alpha value is -1.78. The lowest BCUT2D eigenvalue weighted by atomic mass is 10.2. The largest absolute Gasteiger partial charge is 0.490 e. The van der Waals surface area contributed by atoms with Gasteiger partial charge >= 0.3 is 5.69 Å². The van der Waals surface area contributed by atoms with Crippen molar-refractivity contribution in [2.45, 2.75) is 19.8 Å². The Balaban J connectivity index is 2.78. The lowest BCUT2D eigenvalue weighted by Crippen LogP contribution is -2.01. The molecule has 1 aromatic carbocycles. The van der Waals surface area contributed by atoms with Crippen LogP contribution in [0.1, 0.15) is 19.8 Å². The van der Waals surface area contributed by atoms with E-state index in [-0.39, 0.29) is 11.4 Å². The highest BCUT2D eigenvalue weighted by molar-refractivity contribution is 5.57. The van der Waals surface area contributed by atoms with Crippen LogP contribution in [0.25, 0.3) is 0 Å². The molecule has 16 heavy (non-hydrogen) atoms. The Morgan fingerprint density at radius 2 is 2.25 bits per heavy atom. The zero-order valence-corrected chi connectivity index (χ0v) is 9.53. The molecule has 5 heteroatoms. The van der Waals surface area contributed by atoms with Crippen molar-refractivity contribution in [3.63, 3.8) is 0 Å². The van der Waals surface area contributed by atoms with Crippen LogP contribution < -0.4 is 10.1 Å². The molecule has 0 amide bonds. The van der Waals surface area contributed by atoms with Crippen LogP contribution in [0.4, 0.5) is 11.4 Å². The molecule has 1 aromatic rings. The minimum atomic E-state index is -0.450. The van der Waals surface area contributed by atoms with Crippen molar-refractivity contribution in [3.8, 4) is 5.75 Å². The molecule has 1 N–H and O–H groups in total. The maximum atomic E-state index is 10.7. The first-order chi connectivity index (χ1) is 7.69. The van der Waals surface area contributed by atoms with E-state index in [0.717, 1.165) is 25.1 Å². The van der Waals surface area contributed by atoms with Crippen molar-refractivity contribution in [2.75, 3.05) is 19.0 Å². The fourth-order valence-electron chi connectivity index (χ4n) is 1.35. The minimum Gasteiger partial charge on any atom is -0.490 e. The van der Waals surface area contributed by atoms with E-state index < -0.39 is 4.92 Å². The van der Waals surface area contributed by atoms with Crippen molar-refractivity contribution in [3.05, 3.63) is 28.3 Å². The number of methoxy groups -OCH3 is 1. The summed E-state index contributed by atoms with van der Waals surface area (Å²) in [6, 6.07) is 4.79. The van der Waals surface area contributed by atoms with Gasteiger partial charge in [-0.2, -0.15) is 0 Å². The van der Waals surface area contributed by atoms with E-state index in [1.54, 1.807) is 12.1 Å². The number of anilines is 1. The Morgan fingerprint density at radius 1 is 1.50 bits per heavy atom. The number of hydrogen-bond acceptors (Lipinski definition) is 4. The molecule has 0 aliphatic rings. The number of hydrogen-bond donors (Lipinski definition) is 1. The number of rotatable bonds is 6. The molecule has 0 aliphatic heterocycles. The average Bonchev–Trinajstić information content (AvgIpc) is 2.29. The number of nitrogens with one attached hydrogen (secondary N) is 1. The second-order valence-electron chi connectivity index (χ2n) is 3.42. The fourth-order valence-corrected chi connectivity index (χ4v) is 1.35. The van der Waals surface area contributed by atoms with Gasteiger partial charge in [0.15, 0.2) is 5.75 Å². The highest BCUT2D eigenvalue weighted by Gasteiger charge is 2.14. The van der Waals surface area contributed by atoms with Crippen LogP contribution in [0, 0.1) is 10.1 Å². The van der Waals surface area contributed by atoms with Gasteiger partial charge in [-0.1, -0.05) is 13.3 Å². The van der Waals surface area contributed by atoms with E-state index in [0.29, 0.717) is 0 Å². The number of ether oxygens (including phenoxy) is 1. The van der Waals surface area contributed by atoms with Crippen molar-refractivity contribution in [2.24, 2.45) is 0 Å². The summed E-state index contributed by atoms with van der Waals surface area (Å²) in [6.07, 6.45) is 2.18. The van der Waals surface area contributed by atoms with E-state index in [1.165, 1.54) is 13.2 Å². The first-order valence-electron chi connectivity index (χ1n) is 5.25. The van der Waals surface area contributed by atoms with Crippen LogP contribution in [0.2, 0.25) is 0 Å². The molecule has 0 spiro atoms. The summed E-state index contributed by atoms with van der Waals surface area (Å²) in [5.41, 5.74) is 0.833. The molecule has 0 unspecified atom stereocenters. The first-order valence-corrected chi connectivity index (χ1v) is 5.25. The van der Waals surface area contributed by atoms with Crippen LogP contribution >= 0.6 is 0 Å². The fraction of sp³-hybridized carbons (Fsp3) is 0.455. The topological polar surface area (TPSA) is 64.4 Å². The molecule has 1 rings (SSSR count). The summed E-state index contributed by atoms with van der Waals surface area (Å²) in [5, 5.41) is 13.8. The molecule has 0 aromatic heterocycles. The highest BCUT2D eigenvalue weighted by Crippen LogP contribution is 2.29. The van der Waals surface area contributed by atoms with E-state index in [1.807, 2.05) is 0 Å². The number of unbranched alkanes of at least 4 members (excludes halogenated alkanes) is 1. The van der Waals surface area contributed by atoms with Gasteiger partial charge in [0, 0.05) is 24.4 Å². The molecule has 88 valence electrons. The normalized spacial score (nSPS) is 9.88. The highest BCUT2D eigenvalue weighted by atomic mass is 16.6. The third-order valence-electron chi connectivity index (χ3n) is 2.24. The van der Waals surface area contributed by atoms with Gasteiger partial charge in [0.05, 0.1) is 12.0 Å². The van der Waals surface area contributed by atoms with Gasteiger partial charge in [0.25, 0.3) is 0 Å². The minimum absolute atomic E-state index is 0.0106. The maximum Gasteiger partial charge on any atom is 0.311 e. The lowest BCUT2D eigenvalue weighted by molar-refractivity contribution is -0.385. The van der Waals surface area contributed by atoms with Gasteiger partial charge in [-0.15, -0.1) is 0 Å². The number of benzene rings is 1. The zero-order valence-electron chi connectivity index (χ0n) is 9.53. The summed E-state index contributed by atoms with van der Waals surface area (Å²) in [4.78, 5) is 10.2. The van der Waals surface area contributed by atoms with Crippen molar-refractivity contribution in [1.29, 1.82) is 0 Å². The molecule has 0 fully saturated rings. The van der Waals surface area contributed by atoms with Gasteiger partial charge in [0.2, 0.25) is 0 Å². The first kappa shape index (κ1) is 12.3. The van der Waals surface area contributed by atoms with E-state index in [2.05, 4.69) is 12.2 Å². The summed E-state index contributed by atoms with van der Waals surface area (Å²) in [7, 11) is 1.43. The average molecular weight is 224 g/mol. The number of nitro benzene ring substituents is 1. The Kier molecular flexibility index (Phi) is 4.57. The summed E-state index contributed by atoms with van der Waals surface area (Å²) in [6.45, 7) is 2.97. The summed E-state index contributed by atoms with van der Waals surface area (Å²) >= 11 is 0. The van der Waals surface area contributed by atoms with Crippen LogP contribution in [0.5, 0.6) is 5.75 Å². The molecule has 0 saturated carbocycles. The van der Waals surface area contributed by atoms with Gasteiger partial charge in [-0.05, 0) is 12.5 Å². The molecule has 0 bridgehead atoms. The predicted octanol–water partition coefficient (Wildman–Crippen LogP) is 2.82. The van der Waals surface area contributed by atoms with Gasteiger partial charge in [-0.25, -0.2) is 0 Å². The third-order valence-corrected chi connectivity index (χ3v) is 2.24. The number of nitro groups is 1. The molecule has 0 atom stereocenters. The molecule has 0 heterocycles. The monoisotopic (exact) mass is 224 g/mol. The second kappa shape index (κ2) is 5.95. The van der Waals surface area contributed by atoms with E-state index in [9.17, 15) is 10.1 Å². The Morgan fingerprint density at radius 3 is 2.81 bits per heavy atom. The molecule has 5 nitrogen and oxygen atoms in total. The Labute approximate surface area is 94.6 Å². The second-order valence-corrected chi connectivity index (χ2v) is 3.42. The molecule has 0 saturated heterocycles. The van der Waals surface area contributed by atoms with Crippen LogP contribution in [0.15, 0.2) is 18.2 Å². The van der Waals surface area contributed by atoms with E-state index in [4.69, 9.17) is 4.74 Å². The zero-order chi connectivity index (χ0) is 12.0. The standard InChI is InChI=1S/C11H16N2O3/c1-3-4-7-12-9-5-6-10(13(14)15)11(8-9)16-2/h5-6,8,12H,3-4,7H2,1-2H3. The van der Waals surface area contributed by atoms with Gasteiger partial charge in [0.1, 0.15) is 0 Å². The molecule has 0 aliphatic carbocycles. The van der Waals surface area contributed by atoms with Crippen LogP contribution in [0.3, 0.4) is 0 Å². The predicted molar refractivity (Wildman–Crippen MR) is 63.0 cm³/mol. The summed E-state index contributed by atoms with van der Waals surface area (Å²) < 4.78 is 4.97. The lowest BCUT2D eigenvalue weighted by Gasteiger charge is -2.07. The SMILES string of the molecule is CCCCNc1ccc([N+](=O)[O-])c(OC)c1. The maximum absolute atomic E-state index is 10.7. The van der Waals surface area contributed by atoms with Gasteiger partial charge < -0.3 is 10.1 Å². The van der Waals surface area contributed by atoms with Gasteiger partial charge in [-0.3, -0.25) is 10.1 Å². The number of nitrogens with zero attached hydrogens (tertiary/aromatic N) is 1. The van der Waals surface area contributed by atoms with Crippen LogP contribution in [-0.4, -0.2) is 18.6 Å². The summed E-state index contributed by atoms with van der Waals surface area (Å²) in [5.74, 6) is 0.284. The van der Waals surface area contributed by atoms with Crippen molar-refractivity contribution >= 4 is 11.4 Å². The molecular weight excluding hydrogens is 208 g/mol. The van der Waals surface area contributed by atoms with E-state index >= 15 is 0 Å². The Bertz CT molecular complexity index is 366. The van der Waals surface area contributed by atoms with Crippen molar-refractivity contribution in [1.82, 2.24) is 0 Å². The molecular formula is C11H16N2O3.